The minimum Gasteiger partial charge on any atom is -0.481 e. The smallest absolute Gasteiger partial charge is 0.310 e. The quantitative estimate of drug-likeness (QED) is 0.874. The fraction of sp³-hybridized carbons (Fsp3) is 0.643. The van der Waals surface area contributed by atoms with Crippen LogP contribution in [0.1, 0.15) is 37.7 Å². The summed E-state index contributed by atoms with van der Waals surface area (Å²) in [6, 6.07) is 3.91. The van der Waals surface area contributed by atoms with Crippen LogP contribution in [-0.4, -0.2) is 29.1 Å². The van der Waals surface area contributed by atoms with Gasteiger partial charge in [0.15, 0.2) is 0 Å². The Kier molecular flexibility index (Phi) is 3.76. The molecule has 0 aliphatic carbocycles. The largest absolute Gasteiger partial charge is 0.481 e. The average molecular weight is 251 g/mol. The summed E-state index contributed by atoms with van der Waals surface area (Å²) in [6.07, 6.45) is 2.42. The second kappa shape index (κ2) is 5.14. The van der Waals surface area contributed by atoms with Gasteiger partial charge in [-0.05, 0) is 38.4 Å². The van der Waals surface area contributed by atoms with Gasteiger partial charge in [-0.1, -0.05) is 13.3 Å². The van der Waals surface area contributed by atoms with E-state index in [1.54, 1.807) is 0 Å². The second-order valence-corrected chi connectivity index (χ2v) is 5.31. The summed E-state index contributed by atoms with van der Waals surface area (Å²) in [4.78, 5) is 13.6. The van der Waals surface area contributed by atoms with E-state index in [0.29, 0.717) is 13.1 Å². The molecule has 1 fully saturated rings. The third-order valence-corrected chi connectivity index (χ3v) is 3.79. The van der Waals surface area contributed by atoms with E-state index in [2.05, 4.69) is 4.90 Å². The first kappa shape index (κ1) is 13.1. The molecule has 0 bridgehead atoms. The van der Waals surface area contributed by atoms with Crippen molar-refractivity contribution in [1.29, 1.82) is 0 Å². The molecule has 4 nitrogen and oxygen atoms in total. The van der Waals surface area contributed by atoms with Crippen LogP contribution in [0.2, 0.25) is 0 Å². The van der Waals surface area contributed by atoms with Gasteiger partial charge in [0.25, 0.3) is 0 Å². The molecule has 2 rings (SSSR count). The maximum absolute atomic E-state index is 11.5. The number of hydrogen-bond acceptors (Lipinski definition) is 3. The molecule has 1 N–H and O–H groups in total. The second-order valence-electron chi connectivity index (χ2n) is 5.31. The van der Waals surface area contributed by atoms with E-state index in [1.165, 1.54) is 0 Å². The Labute approximate surface area is 108 Å². The third-order valence-electron chi connectivity index (χ3n) is 3.79. The molecule has 1 atom stereocenters. The van der Waals surface area contributed by atoms with Gasteiger partial charge in [-0.25, -0.2) is 0 Å². The zero-order valence-electron chi connectivity index (χ0n) is 11.1. The fourth-order valence-electron chi connectivity index (χ4n) is 2.85. The maximum atomic E-state index is 11.5. The average Bonchev–Trinajstić information content (AvgIpc) is 2.88. The van der Waals surface area contributed by atoms with Crippen molar-refractivity contribution in [3.63, 3.8) is 0 Å². The van der Waals surface area contributed by atoms with Crippen LogP contribution in [0.5, 0.6) is 0 Å². The van der Waals surface area contributed by atoms with Gasteiger partial charge in [0, 0.05) is 6.54 Å². The van der Waals surface area contributed by atoms with E-state index >= 15 is 0 Å². The molecule has 0 radical (unpaired) electrons. The highest BCUT2D eigenvalue weighted by molar-refractivity contribution is 5.75. The molecule has 18 heavy (non-hydrogen) atoms. The van der Waals surface area contributed by atoms with Gasteiger partial charge in [0.1, 0.15) is 11.5 Å². The van der Waals surface area contributed by atoms with Gasteiger partial charge in [-0.3, -0.25) is 9.69 Å². The van der Waals surface area contributed by atoms with E-state index < -0.39 is 11.4 Å². The minimum atomic E-state index is -0.650. The Morgan fingerprint density at radius 3 is 2.89 bits per heavy atom. The predicted octanol–water partition coefficient (Wildman–Crippen LogP) is 2.66. The van der Waals surface area contributed by atoms with Crippen LogP contribution in [0, 0.1) is 12.3 Å². The molecule has 100 valence electrons. The van der Waals surface area contributed by atoms with E-state index in [1.807, 2.05) is 26.0 Å². The topological polar surface area (TPSA) is 53.7 Å². The standard InChI is InChI=1S/C14H21NO3/c1-3-6-14(13(16)17)7-8-15(10-14)9-12-5-4-11(2)18-12/h4-5H,3,6-10H2,1-2H3,(H,16,17). The summed E-state index contributed by atoms with van der Waals surface area (Å²) in [5.74, 6) is 1.18. The SMILES string of the molecule is CCCC1(C(=O)O)CCN(Cc2ccc(C)o2)C1. The summed E-state index contributed by atoms with van der Waals surface area (Å²) < 4.78 is 5.54. The lowest BCUT2D eigenvalue weighted by Gasteiger charge is -2.23. The number of hydrogen-bond donors (Lipinski definition) is 1. The number of likely N-dealkylation sites (tertiary alicyclic amines) is 1. The first-order chi connectivity index (χ1) is 8.55. The van der Waals surface area contributed by atoms with Crippen molar-refractivity contribution < 1.29 is 14.3 Å². The van der Waals surface area contributed by atoms with Crippen molar-refractivity contribution in [1.82, 2.24) is 4.90 Å². The Morgan fingerprint density at radius 1 is 1.56 bits per heavy atom. The molecule has 1 aliphatic heterocycles. The third kappa shape index (κ3) is 2.58. The number of nitrogens with zero attached hydrogens (tertiary/aromatic N) is 1. The molecular weight excluding hydrogens is 230 g/mol. The normalized spacial score (nSPS) is 24.6. The van der Waals surface area contributed by atoms with Crippen LogP contribution in [0.25, 0.3) is 0 Å². The van der Waals surface area contributed by atoms with E-state index in [9.17, 15) is 9.90 Å². The van der Waals surface area contributed by atoms with Crippen LogP contribution in [0.15, 0.2) is 16.5 Å². The Balaban J connectivity index is 2.00. The van der Waals surface area contributed by atoms with Crippen molar-refractivity contribution >= 4 is 5.97 Å². The Morgan fingerprint density at radius 2 is 2.33 bits per heavy atom. The monoisotopic (exact) mass is 251 g/mol. The van der Waals surface area contributed by atoms with Gasteiger partial charge >= 0.3 is 5.97 Å². The molecular formula is C14H21NO3. The highest BCUT2D eigenvalue weighted by Crippen LogP contribution is 2.36. The van der Waals surface area contributed by atoms with Gasteiger partial charge < -0.3 is 9.52 Å². The molecule has 1 saturated heterocycles. The van der Waals surface area contributed by atoms with Crippen molar-refractivity contribution in [3.8, 4) is 0 Å². The molecule has 0 aromatic carbocycles. The van der Waals surface area contributed by atoms with Gasteiger partial charge in [-0.2, -0.15) is 0 Å². The zero-order valence-corrected chi connectivity index (χ0v) is 11.1. The highest BCUT2D eigenvalue weighted by Gasteiger charge is 2.43. The molecule has 4 heteroatoms. The molecule has 2 heterocycles. The van der Waals surface area contributed by atoms with Crippen LogP contribution < -0.4 is 0 Å². The van der Waals surface area contributed by atoms with E-state index in [4.69, 9.17) is 4.42 Å². The number of carbonyl (C=O) groups is 1. The highest BCUT2D eigenvalue weighted by atomic mass is 16.4. The lowest BCUT2D eigenvalue weighted by atomic mass is 9.83. The maximum Gasteiger partial charge on any atom is 0.310 e. The van der Waals surface area contributed by atoms with Crippen LogP contribution in [0.3, 0.4) is 0 Å². The number of furan rings is 1. The Bertz CT molecular complexity index is 426. The van der Waals surface area contributed by atoms with Crippen LogP contribution >= 0.6 is 0 Å². The van der Waals surface area contributed by atoms with Crippen molar-refractivity contribution in [3.05, 3.63) is 23.7 Å². The number of rotatable bonds is 5. The summed E-state index contributed by atoms with van der Waals surface area (Å²) in [7, 11) is 0. The van der Waals surface area contributed by atoms with Gasteiger partial charge in [0.2, 0.25) is 0 Å². The number of aryl methyl sites for hydroxylation is 1. The van der Waals surface area contributed by atoms with Crippen LogP contribution in [0.4, 0.5) is 0 Å². The van der Waals surface area contributed by atoms with E-state index in [-0.39, 0.29) is 0 Å². The van der Waals surface area contributed by atoms with Crippen molar-refractivity contribution in [2.75, 3.05) is 13.1 Å². The molecule has 0 amide bonds. The number of carboxylic acids is 1. The first-order valence-electron chi connectivity index (χ1n) is 6.57. The van der Waals surface area contributed by atoms with Gasteiger partial charge in [-0.15, -0.1) is 0 Å². The molecule has 0 saturated carbocycles. The summed E-state index contributed by atoms with van der Waals surface area (Å²) in [5.41, 5.74) is -0.545. The lowest BCUT2D eigenvalue weighted by molar-refractivity contribution is -0.148. The fourth-order valence-corrected chi connectivity index (χ4v) is 2.85. The Hall–Kier alpha value is -1.29. The molecule has 1 aromatic rings. The molecule has 0 spiro atoms. The lowest BCUT2D eigenvalue weighted by Crippen LogP contribution is -2.34. The molecule has 1 aliphatic rings. The molecule has 1 aromatic heterocycles. The zero-order chi connectivity index (χ0) is 13.2. The number of aliphatic carboxylic acids is 1. The van der Waals surface area contributed by atoms with Gasteiger partial charge in [0.05, 0.1) is 12.0 Å². The summed E-state index contributed by atoms with van der Waals surface area (Å²) >= 11 is 0. The summed E-state index contributed by atoms with van der Waals surface area (Å²) in [5, 5.41) is 9.43. The van der Waals surface area contributed by atoms with E-state index in [0.717, 1.165) is 37.3 Å². The minimum absolute atomic E-state index is 0.545. The first-order valence-corrected chi connectivity index (χ1v) is 6.57. The summed E-state index contributed by atoms with van der Waals surface area (Å²) in [6.45, 7) is 6.16. The van der Waals surface area contributed by atoms with Crippen molar-refractivity contribution in [2.24, 2.45) is 5.41 Å². The molecule has 1 unspecified atom stereocenters. The van der Waals surface area contributed by atoms with Crippen LogP contribution in [-0.2, 0) is 11.3 Å². The number of carboxylic acid groups (broad SMARTS) is 1. The van der Waals surface area contributed by atoms with Crippen molar-refractivity contribution in [2.45, 2.75) is 39.7 Å². The predicted molar refractivity (Wildman–Crippen MR) is 68.3 cm³/mol.